The Morgan fingerprint density at radius 3 is 2.79 bits per heavy atom. The molecule has 1 amide bonds. The number of nitriles is 1. The molecule has 0 saturated carbocycles. The van der Waals surface area contributed by atoms with Crippen LogP contribution in [0.5, 0.6) is 5.75 Å². The van der Waals surface area contributed by atoms with E-state index in [9.17, 15) is 4.79 Å². The summed E-state index contributed by atoms with van der Waals surface area (Å²) in [7, 11) is 3.13. The summed E-state index contributed by atoms with van der Waals surface area (Å²) in [4.78, 5) is 20.2. The van der Waals surface area contributed by atoms with Crippen molar-refractivity contribution in [1.29, 1.82) is 5.26 Å². The first kappa shape index (κ1) is 18.9. The van der Waals surface area contributed by atoms with E-state index < -0.39 is 0 Å². The Labute approximate surface area is 162 Å². The van der Waals surface area contributed by atoms with Crippen LogP contribution in [-0.2, 0) is 0 Å². The number of benzene rings is 2. The van der Waals surface area contributed by atoms with Gasteiger partial charge in [-0.25, -0.2) is 9.97 Å². The van der Waals surface area contributed by atoms with Gasteiger partial charge in [0.15, 0.2) is 0 Å². The van der Waals surface area contributed by atoms with Gasteiger partial charge in [0.1, 0.15) is 5.75 Å². The van der Waals surface area contributed by atoms with Gasteiger partial charge in [-0.2, -0.15) is 5.26 Å². The molecule has 140 valence electrons. The van der Waals surface area contributed by atoms with Gasteiger partial charge in [-0.1, -0.05) is 24.8 Å². The number of rotatable bonds is 6. The highest BCUT2D eigenvalue weighted by Gasteiger charge is 2.12. The van der Waals surface area contributed by atoms with E-state index in [2.05, 4.69) is 27.2 Å². The molecular weight excluding hydrogens is 354 g/mol. The minimum atomic E-state index is -0.346. The summed E-state index contributed by atoms with van der Waals surface area (Å²) in [5.74, 6) is 0.417. The van der Waals surface area contributed by atoms with Crippen LogP contribution in [0.3, 0.4) is 0 Å². The summed E-state index contributed by atoms with van der Waals surface area (Å²) in [6.07, 6.45) is 1.55. The quantitative estimate of drug-likeness (QED) is 0.644. The molecule has 0 unspecified atom stereocenters. The van der Waals surface area contributed by atoms with E-state index in [1.54, 1.807) is 19.4 Å². The molecule has 0 saturated heterocycles. The number of ether oxygens (including phenoxy) is 1. The molecule has 0 atom stereocenters. The molecule has 7 nitrogen and oxygen atoms in total. The van der Waals surface area contributed by atoms with Crippen molar-refractivity contribution in [2.45, 2.75) is 0 Å². The number of methoxy groups -OCH3 is 1. The number of aromatic nitrogens is 2. The average Bonchev–Trinajstić information content (AvgIpc) is 2.76. The molecule has 2 aromatic carbocycles. The number of hydrogen-bond donors (Lipinski definition) is 2. The molecule has 28 heavy (non-hydrogen) atoms. The number of carbonyl (C=O) groups excluding carboxylic acids is 1. The number of nitrogens with zero attached hydrogens (tertiary/aromatic N) is 3. The molecule has 2 N–H and O–H groups in total. The Morgan fingerprint density at radius 1 is 1.29 bits per heavy atom. The Bertz CT molecular complexity index is 1100. The third kappa shape index (κ3) is 3.76. The van der Waals surface area contributed by atoms with Crippen LogP contribution in [-0.4, -0.2) is 36.6 Å². The normalized spacial score (nSPS) is 10.2. The van der Waals surface area contributed by atoms with E-state index in [1.807, 2.05) is 36.4 Å². The zero-order chi connectivity index (χ0) is 20.1. The van der Waals surface area contributed by atoms with E-state index in [-0.39, 0.29) is 11.7 Å². The first-order valence-electron chi connectivity index (χ1n) is 8.55. The Morgan fingerprint density at radius 2 is 2.07 bits per heavy atom. The second-order valence-corrected chi connectivity index (χ2v) is 5.99. The highest BCUT2D eigenvalue weighted by atomic mass is 16.5. The van der Waals surface area contributed by atoms with Crippen LogP contribution in [0.2, 0.25) is 0 Å². The van der Waals surface area contributed by atoms with Crippen molar-refractivity contribution in [3.8, 4) is 23.1 Å². The molecule has 1 aromatic heterocycles. The van der Waals surface area contributed by atoms with Gasteiger partial charge in [-0.15, -0.1) is 0 Å². The molecule has 3 aromatic rings. The van der Waals surface area contributed by atoms with Crippen molar-refractivity contribution < 1.29 is 9.53 Å². The maximum atomic E-state index is 11.8. The summed E-state index contributed by atoms with van der Waals surface area (Å²) in [6.45, 7) is 4.01. The summed E-state index contributed by atoms with van der Waals surface area (Å²) < 4.78 is 5.48. The van der Waals surface area contributed by atoms with Crippen LogP contribution in [0.1, 0.15) is 10.6 Å². The van der Waals surface area contributed by atoms with Gasteiger partial charge in [-0.3, -0.25) is 4.79 Å². The standard InChI is InChI=1S/C21H19N5O2/c1-13(11-22)12-25-19-16-10-15(5-4-14(16)6-7-18(19)28-3)17-8-9-24-20(26-17)21(27)23-2/h4-10,25H,1,12H2,2-3H3,(H,23,27). The van der Waals surface area contributed by atoms with Crippen molar-refractivity contribution >= 4 is 22.4 Å². The van der Waals surface area contributed by atoms with Crippen molar-refractivity contribution in [2.75, 3.05) is 26.0 Å². The summed E-state index contributed by atoms with van der Waals surface area (Å²) in [5, 5.41) is 16.6. The largest absolute Gasteiger partial charge is 0.495 e. The SMILES string of the molecule is C=C(C#N)CNc1c(OC)ccc2ccc(-c3ccnc(C(=O)NC)n3)cc12. The first-order chi connectivity index (χ1) is 13.6. The summed E-state index contributed by atoms with van der Waals surface area (Å²) in [6, 6.07) is 13.5. The van der Waals surface area contributed by atoms with E-state index in [0.29, 0.717) is 23.6 Å². The second-order valence-electron chi connectivity index (χ2n) is 5.99. The summed E-state index contributed by atoms with van der Waals surface area (Å²) >= 11 is 0. The molecule has 0 bridgehead atoms. The van der Waals surface area contributed by atoms with Crippen molar-refractivity contribution in [2.24, 2.45) is 0 Å². The number of hydrogen-bond acceptors (Lipinski definition) is 6. The van der Waals surface area contributed by atoms with Crippen molar-refractivity contribution in [3.63, 3.8) is 0 Å². The Hall–Kier alpha value is -3.92. The molecule has 0 aliphatic carbocycles. The van der Waals surface area contributed by atoms with Gasteiger partial charge >= 0.3 is 0 Å². The Kier molecular flexibility index (Phi) is 5.51. The molecular formula is C21H19N5O2. The third-order valence-corrected chi connectivity index (χ3v) is 4.22. The average molecular weight is 373 g/mol. The Balaban J connectivity index is 2.10. The van der Waals surface area contributed by atoms with Crippen LogP contribution < -0.4 is 15.4 Å². The van der Waals surface area contributed by atoms with Crippen molar-refractivity contribution in [1.82, 2.24) is 15.3 Å². The number of carbonyl (C=O) groups is 1. The molecule has 0 aliphatic rings. The van der Waals surface area contributed by atoms with Gasteiger partial charge in [0.25, 0.3) is 5.91 Å². The van der Waals surface area contributed by atoms with Crippen LogP contribution in [0, 0.1) is 11.3 Å². The highest BCUT2D eigenvalue weighted by Crippen LogP contribution is 2.35. The predicted octanol–water partition coefficient (Wildman–Crippen LogP) is 3.16. The molecule has 0 spiro atoms. The van der Waals surface area contributed by atoms with E-state index in [4.69, 9.17) is 10.00 Å². The lowest BCUT2D eigenvalue weighted by atomic mass is 10.0. The van der Waals surface area contributed by atoms with Crippen LogP contribution >= 0.6 is 0 Å². The smallest absolute Gasteiger partial charge is 0.288 e. The summed E-state index contributed by atoms with van der Waals surface area (Å²) in [5.41, 5.74) is 2.64. The van der Waals surface area contributed by atoms with Gasteiger partial charge in [0.2, 0.25) is 5.82 Å². The van der Waals surface area contributed by atoms with Gasteiger partial charge < -0.3 is 15.4 Å². The lowest BCUT2D eigenvalue weighted by molar-refractivity contribution is 0.0953. The zero-order valence-electron chi connectivity index (χ0n) is 15.6. The molecule has 0 radical (unpaired) electrons. The van der Waals surface area contributed by atoms with Gasteiger partial charge in [0.05, 0.1) is 24.6 Å². The van der Waals surface area contributed by atoms with Crippen LogP contribution in [0.4, 0.5) is 5.69 Å². The van der Waals surface area contributed by atoms with Crippen molar-refractivity contribution in [3.05, 3.63) is 60.6 Å². The van der Waals surface area contributed by atoms with Crippen LogP contribution in [0.25, 0.3) is 22.0 Å². The fourth-order valence-electron chi connectivity index (χ4n) is 2.79. The maximum Gasteiger partial charge on any atom is 0.288 e. The lowest BCUT2D eigenvalue weighted by Crippen LogP contribution is -2.20. The fourth-order valence-corrected chi connectivity index (χ4v) is 2.79. The number of fused-ring (bicyclic) bond motifs is 1. The zero-order valence-corrected chi connectivity index (χ0v) is 15.6. The third-order valence-electron chi connectivity index (χ3n) is 4.22. The minimum Gasteiger partial charge on any atom is -0.495 e. The molecule has 1 heterocycles. The number of amides is 1. The van der Waals surface area contributed by atoms with E-state index >= 15 is 0 Å². The number of anilines is 1. The minimum absolute atomic E-state index is 0.106. The first-order valence-corrected chi connectivity index (χ1v) is 8.55. The predicted molar refractivity (Wildman–Crippen MR) is 108 cm³/mol. The lowest BCUT2D eigenvalue weighted by Gasteiger charge is -2.15. The maximum absolute atomic E-state index is 11.8. The van der Waals surface area contributed by atoms with E-state index in [1.165, 1.54) is 7.05 Å². The molecule has 0 aliphatic heterocycles. The number of nitrogens with one attached hydrogen (secondary N) is 2. The highest BCUT2D eigenvalue weighted by molar-refractivity contribution is 5.99. The monoisotopic (exact) mass is 373 g/mol. The van der Waals surface area contributed by atoms with E-state index in [0.717, 1.165) is 22.0 Å². The second kappa shape index (κ2) is 8.18. The van der Waals surface area contributed by atoms with Crippen LogP contribution in [0.15, 0.2) is 54.7 Å². The van der Waals surface area contributed by atoms with Gasteiger partial charge in [-0.05, 0) is 23.6 Å². The molecule has 0 fully saturated rings. The molecule has 3 rings (SSSR count). The fraction of sp³-hybridized carbons (Fsp3) is 0.143. The molecule has 7 heteroatoms. The topological polar surface area (TPSA) is 99.9 Å². The van der Waals surface area contributed by atoms with Gasteiger partial charge in [0, 0.05) is 36.3 Å².